The van der Waals surface area contributed by atoms with Gasteiger partial charge in [0.1, 0.15) is 5.75 Å². The first-order valence-electron chi connectivity index (χ1n) is 9.92. The summed E-state index contributed by atoms with van der Waals surface area (Å²) in [6.45, 7) is 4.01. The van der Waals surface area contributed by atoms with Crippen molar-refractivity contribution in [2.45, 2.75) is 19.9 Å². The van der Waals surface area contributed by atoms with Crippen molar-refractivity contribution < 1.29 is 19.1 Å². The van der Waals surface area contributed by atoms with Gasteiger partial charge >= 0.3 is 5.97 Å². The Morgan fingerprint density at radius 3 is 2.59 bits per heavy atom. The summed E-state index contributed by atoms with van der Waals surface area (Å²) in [5.74, 6) is -0.479. The van der Waals surface area contributed by atoms with Gasteiger partial charge in [-0.2, -0.15) is 5.10 Å². The van der Waals surface area contributed by atoms with E-state index in [9.17, 15) is 9.59 Å². The third kappa shape index (κ3) is 3.94. The molecule has 3 aromatic heterocycles. The number of methoxy groups -OCH3 is 2. The maximum Gasteiger partial charge on any atom is 0.340 e. The minimum absolute atomic E-state index is 0.0713. The second-order valence-electron chi connectivity index (χ2n) is 7.31. The van der Waals surface area contributed by atoms with Gasteiger partial charge in [0, 0.05) is 6.04 Å². The van der Waals surface area contributed by atoms with Crippen molar-refractivity contribution in [1.82, 2.24) is 14.8 Å². The molecule has 32 heavy (non-hydrogen) atoms. The number of thiophene rings is 1. The highest BCUT2D eigenvalue weighted by molar-refractivity contribution is 7.13. The molecule has 0 saturated heterocycles. The van der Waals surface area contributed by atoms with Crippen LogP contribution < -0.4 is 10.1 Å². The normalized spacial score (nSPS) is 11.0. The van der Waals surface area contributed by atoms with Gasteiger partial charge in [-0.15, -0.1) is 11.3 Å². The number of aromatic nitrogens is 3. The number of ether oxygens (including phenoxy) is 2. The highest BCUT2D eigenvalue weighted by atomic mass is 32.1. The molecule has 0 spiro atoms. The van der Waals surface area contributed by atoms with Crippen LogP contribution in [0.25, 0.3) is 21.6 Å². The third-order valence-electron chi connectivity index (χ3n) is 4.95. The molecule has 0 aliphatic heterocycles. The van der Waals surface area contributed by atoms with Crippen molar-refractivity contribution in [2.24, 2.45) is 0 Å². The fraction of sp³-hybridized carbons (Fsp3) is 0.217. The zero-order chi connectivity index (χ0) is 22.8. The SMILES string of the molecule is COC(=O)c1cc(OC)ccc1NC(=O)c1cc(-c2cccs2)nc2c1cnn2C(C)C. The standard InChI is InChI=1S/C23H22N4O4S/c1-13(2)27-21-17(12-24-27)15(11-19(25-21)20-6-5-9-32-20)22(28)26-18-8-7-14(30-3)10-16(18)23(29)31-4/h5-13H,1-4H3,(H,26,28). The van der Waals surface area contributed by atoms with Gasteiger partial charge in [0.2, 0.25) is 0 Å². The van der Waals surface area contributed by atoms with E-state index < -0.39 is 5.97 Å². The maximum atomic E-state index is 13.4. The summed E-state index contributed by atoms with van der Waals surface area (Å²) in [5, 5.41) is 9.86. The van der Waals surface area contributed by atoms with Gasteiger partial charge in [-0.3, -0.25) is 4.79 Å². The third-order valence-corrected chi connectivity index (χ3v) is 5.85. The molecular weight excluding hydrogens is 428 g/mol. The van der Waals surface area contributed by atoms with Crippen molar-refractivity contribution in [3.8, 4) is 16.3 Å². The highest BCUT2D eigenvalue weighted by Crippen LogP contribution is 2.30. The molecule has 164 valence electrons. The molecule has 0 saturated carbocycles. The molecule has 1 amide bonds. The van der Waals surface area contributed by atoms with Crippen molar-refractivity contribution in [1.29, 1.82) is 0 Å². The summed E-state index contributed by atoms with van der Waals surface area (Å²) in [7, 11) is 2.79. The number of fused-ring (bicyclic) bond motifs is 1. The van der Waals surface area contributed by atoms with Gasteiger partial charge in [0.05, 0.1) is 53.2 Å². The molecule has 3 heterocycles. The molecular formula is C23H22N4O4S. The van der Waals surface area contributed by atoms with Crippen molar-refractivity contribution in [2.75, 3.05) is 19.5 Å². The van der Waals surface area contributed by atoms with E-state index in [1.807, 2.05) is 31.4 Å². The van der Waals surface area contributed by atoms with E-state index in [1.165, 1.54) is 20.3 Å². The van der Waals surface area contributed by atoms with Gasteiger partial charge in [-0.25, -0.2) is 14.5 Å². The molecule has 0 unspecified atom stereocenters. The summed E-state index contributed by atoms with van der Waals surface area (Å²) < 4.78 is 11.8. The number of nitrogens with one attached hydrogen (secondary N) is 1. The predicted octanol–water partition coefficient (Wildman–Crippen LogP) is 4.79. The monoisotopic (exact) mass is 450 g/mol. The van der Waals surface area contributed by atoms with Gasteiger partial charge in [-0.1, -0.05) is 6.07 Å². The summed E-state index contributed by atoms with van der Waals surface area (Å²) in [4.78, 5) is 31.4. The van der Waals surface area contributed by atoms with Gasteiger partial charge in [-0.05, 0) is 49.6 Å². The fourth-order valence-corrected chi connectivity index (χ4v) is 4.05. The Morgan fingerprint density at radius 1 is 1.12 bits per heavy atom. The Kier molecular flexibility index (Phi) is 5.91. The van der Waals surface area contributed by atoms with E-state index in [0.29, 0.717) is 33.7 Å². The van der Waals surface area contributed by atoms with Gasteiger partial charge in [0.25, 0.3) is 5.91 Å². The van der Waals surface area contributed by atoms with Crippen LogP contribution in [0, 0.1) is 0 Å². The van der Waals surface area contributed by atoms with Crippen LogP contribution in [-0.4, -0.2) is 40.9 Å². The topological polar surface area (TPSA) is 95.3 Å². The number of pyridine rings is 1. The average Bonchev–Trinajstić information content (AvgIpc) is 3.48. The lowest BCUT2D eigenvalue weighted by Crippen LogP contribution is -2.16. The van der Waals surface area contributed by atoms with E-state index in [4.69, 9.17) is 14.5 Å². The minimum atomic E-state index is -0.578. The Balaban J connectivity index is 1.81. The van der Waals surface area contributed by atoms with E-state index in [1.54, 1.807) is 40.4 Å². The fourth-order valence-electron chi connectivity index (χ4n) is 3.36. The Labute approximate surface area is 188 Å². The number of amides is 1. The Morgan fingerprint density at radius 2 is 1.94 bits per heavy atom. The van der Waals surface area contributed by atoms with E-state index in [2.05, 4.69) is 10.4 Å². The molecule has 0 aliphatic rings. The molecule has 0 fully saturated rings. The number of hydrogen-bond acceptors (Lipinski definition) is 7. The quantitative estimate of drug-likeness (QED) is 0.425. The number of carbonyl (C=O) groups excluding carboxylic acids is 2. The number of nitrogens with zero attached hydrogens (tertiary/aromatic N) is 3. The molecule has 1 N–H and O–H groups in total. The largest absolute Gasteiger partial charge is 0.497 e. The lowest BCUT2D eigenvalue weighted by atomic mass is 10.1. The number of benzene rings is 1. The lowest BCUT2D eigenvalue weighted by molar-refractivity contribution is 0.0601. The Hall–Kier alpha value is -3.72. The lowest BCUT2D eigenvalue weighted by Gasteiger charge is -2.13. The van der Waals surface area contributed by atoms with Crippen LogP contribution in [-0.2, 0) is 4.74 Å². The smallest absolute Gasteiger partial charge is 0.340 e. The first-order chi connectivity index (χ1) is 15.4. The molecule has 4 aromatic rings. The van der Waals surface area contributed by atoms with Crippen LogP contribution in [0.1, 0.15) is 40.6 Å². The second kappa shape index (κ2) is 8.80. The molecule has 8 nitrogen and oxygen atoms in total. The number of rotatable bonds is 6. The zero-order valence-electron chi connectivity index (χ0n) is 18.1. The van der Waals surface area contributed by atoms with Crippen LogP contribution in [0.2, 0.25) is 0 Å². The number of carbonyl (C=O) groups is 2. The predicted molar refractivity (Wildman–Crippen MR) is 124 cm³/mol. The highest BCUT2D eigenvalue weighted by Gasteiger charge is 2.21. The van der Waals surface area contributed by atoms with Gasteiger partial charge in [0.15, 0.2) is 5.65 Å². The second-order valence-corrected chi connectivity index (χ2v) is 8.26. The summed E-state index contributed by atoms with van der Waals surface area (Å²) in [5.41, 5.74) is 2.24. The number of anilines is 1. The van der Waals surface area contributed by atoms with E-state index >= 15 is 0 Å². The molecule has 9 heteroatoms. The van der Waals surface area contributed by atoms with Crippen molar-refractivity contribution in [3.05, 3.63) is 59.1 Å². The molecule has 0 radical (unpaired) electrons. The average molecular weight is 451 g/mol. The maximum absolute atomic E-state index is 13.4. The first-order valence-corrected chi connectivity index (χ1v) is 10.8. The Bertz CT molecular complexity index is 1300. The van der Waals surface area contributed by atoms with Crippen LogP contribution in [0.3, 0.4) is 0 Å². The molecule has 0 aliphatic carbocycles. The van der Waals surface area contributed by atoms with E-state index in [0.717, 1.165) is 4.88 Å². The van der Waals surface area contributed by atoms with Gasteiger partial charge < -0.3 is 14.8 Å². The van der Waals surface area contributed by atoms with Crippen molar-refractivity contribution in [3.63, 3.8) is 0 Å². The zero-order valence-corrected chi connectivity index (χ0v) is 18.9. The van der Waals surface area contributed by atoms with Crippen LogP contribution in [0.15, 0.2) is 48.0 Å². The summed E-state index contributed by atoms with van der Waals surface area (Å²) >= 11 is 1.54. The molecule has 0 bridgehead atoms. The summed E-state index contributed by atoms with van der Waals surface area (Å²) in [6, 6.07) is 10.5. The van der Waals surface area contributed by atoms with Crippen molar-refractivity contribution >= 4 is 39.9 Å². The molecule has 0 atom stereocenters. The molecule has 1 aromatic carbocycles. The van der Waals surface area contributed by atoms with Crippen LogP contribution in [0.4, 0.5) is 5.69 Å². The number of esters is 1. The van der Waals surface area contributed by atoms with Crippen LogP contribution in [0.5, 0.6) is 5.75 Å². The summed E-state index contributed by atoms with van der Waals surface area (Å²) in [6.07, 6.45) is 1.64. The first kappa shape index (κ1) is 21.5. The molecule has 4 rings (SSSR count). The van der Waals surface area contributed by atoms with E-state index in [-0.39, 0.29) is 17.5 Å². The number of hydrogen-bond donors (Lipinski definition) is 1. The minimum Gasteiger partial charge on any atom is -0.497 e. The van der Waals surface area contributed by atoms with Crippen LogP contribution >= 0.6 is 11.3 Å².